The van der Waals surface area contributed by atoms with Gasteiger partial charge in [0.05, 0.1) is 18.7 Å². The van der Waals surface area contributed by atoms with Crippen molar-refractivity contribution in [2.75, 3.05) is 62.4 Å². The Bertz CT molecular complexity index is 2680. The largest absolute Gasteiger partial charge is 0.508 e. The van der Waals surface area contributed by atoms with Crippen molar-refractivity contribution in [2.24, 2.45) is 41.4 Å². The fourth-order valence-corrected chi connectivity index (χ4v) is 11.2. The molecule has 1 aromatic rings. The maximum atomic E-state index is 15.3. The Hall–Kier alpha value is -7.11. The third-order valence-electron chi connectivity index (χ3n) is 17.1. The molecule has 6 N–H and O–H groups in total. The maximum absolute atomic E-state index is 15.3. The lowest BCUT2D eigenvalue weighted by molar-refractivity contribution is -0.161. The van der Waals surface area contributed by atoms with E-state index in [2.05, 4.69) is 21.3 Å². The summed E-state index contributed by atoms with van der Waals surface area (Å²) in [7, 11) is 9.79. The van der Waals surface area contributed by atoms with Gasteiger partial charge in [0.15, 0.2) is 0 Å². The van der Waals surface area contributed by atoms with Crippen molar-refractivity contribution in [3.8, 4) is 5.75 Å². The van der Waals surface area contributed by atoms with E-state index in [9.17, 15) is 48.6 Å². The Morgan fingerprint density at radius 2 is 0.933 bits per heavy atom. The quantitative estimate of drug-likeness (QED) is 0.146. The predicted molar refractivity (Wildman–Crippen MR) is 346 cm³/mol. The highest BCUT2D eigenvalue weighted by molar-refractivity contribution is 5.99. The molecule has 0 aromatic heterocycles. The van der Waals surface area contributed by atoms with Gasteiger partial charge in [-0.05, 0) is 112 Å². The van der Waals surface area contributed by atoms with Gasteiger partial charge in [0, 0.05) is 49.3 Å². The highest BCUT2D eigenvalue weighted by atomic mass is 16.3. The number of hydrogen-bond acceptors (Lipinski definition) is 13. The van der Waals surface area contributed by atoms with Gasteiger partial charge in [0.2, 0.25) is 65.0 Å². The van der Waals surface area contributed by atoms with Crippen molar-refractivity contribution in [1.29, 1.82) is 0 Å². The van der Waals surface area contributed by atoms with Crippen molar-refractivity contribution >= 4 is 71.1 Å². The summed E-state index contributed by atoms with van der Waals surface area (Å²) in [5, 5.41) is 33.3. The molecule has 2 rings (SSSR count). The van der Waals surface area contributed by atoms with E-state index >= 15 is 14.4 Å². The molecule has 1 saturated heterocycles. The predicted octanol–water partition coefficient (Wildman–Crippen LogP) is 3.72. The Morgan fingerprint density at radius 1 is 0.500 bits per heavy atom. The van der Waals surface area contributed by atoms with Crippen molar-refractivity contribution in [3.05, 3.63) is 35.9 Å². The number of carbonyl (C=O) groups is 11. The summed E-state index contributed by atoms with van der Waals surface area (Å²) >= 11 is 0. The molecule has 0 radical (unpaired) electrons. The molecule has 0 saturated carbocycles. The summed E-state index contributed by atoms with van der Waals surface area (Å²) in [6, 6.07) is -4.93. The summed E-state index contributed by atoms with van der Waals surface area (Å²) in [6.45, 7) is 26.4. The third kappa shape index (κ3) is 21.8. The van der Waals surface area contributed by atoms with E-state index in [1.165, 1.54) is 107 Å². The van der Waals surface area contributed by atoms with Gasteiger partial charge in [-0.2, -0.15) is 0 Å². The number of likely N-dealkylation sites (N-methyl/N-ethyl adjacent to an activating group) is 7. The van der Waals surface area contributed by atoms with E-state index in [-0.39, 0.29) is 61.5 Å². The minimum Gasteiger partial charge on any atom is -0.508 e. The SMILES string of the molecule is CC(C)CC1C(=O)N[C@@H](C)C(=O)N[C@H](C)C(=O)N(C)[C@@H](CC(C)C)C(=O)N(C)[C@@H](CC(C)C)C(=O)N(C)[C@@H](C(C)C)C(=O)N(C)C([C@@](C)(O)[C@H](C)C/C=C/c2ccc(O)cc2)C(=O)NCC(=O)N(C)CC(=O)N(C)[C@@H](CC(C)C)C(=O)N[C@@H](C(C)C)C(=O)N1C. The summed E-state index contributed by atoms with van der Waals surface area (Å²) in [5.41, 5.74) is -1.31. The van der Waals surface area contributed by atoms with Crippen LogP contribution in [0, 0.1) is 41.4 Å². The van der Waals surface area contributed by atoms with Crippen LogP contribution in [0.2, 0.25) is 0 Å². The molecule has 1 aliphatic heterocycles. The van der Waals surface area contributed by atoms with Gasteiger partial charge >= 0.3 is 0 Å². The molecule has 0 spiro atoms. The molecule has 2 unspecified atom stereocenters. The molecule has 24 nitrogen and oxygen atoms in total. The van der Waals surface area contributed by atoms with Crippen LogP contribution in [0.15, 0.2) is 30.3 Å². The van der Waals surface area contributed by atoms with Crippen molar-refractivity contribution in [1.82, 2.24) is 55.6 Å². The number of aromatic hydroxyl groups is 1. The molecule has 11 amide bonds. The highest BCUT2D eigenvalue weighted by Crippen LogP contribution is 2.31. The van der Waals surface area contributed by atoms with Crippen molar-refractivity contribution in [2.45, 2.75) is 203 Å². The van der Waals surface area contributed by atoms with E-state index in [4.69, 9.17) is 0 Å². The van der Waals surface area contributed by atoms with Gasteiger partial charge in [0.25, 0.3) is 0 Å². The van der Waals surface area contributed by atoms with Crippen LogP contribution in [-0.4, -0.2) is 232 Å². The molecule has 0 aliphatic carbocycles. The van der Waals surface area contributed by atoms with Gasteiger partial charge in [-0.3, -0.25) is 52.7 Å². The van der Waals surface area contributed by atoms with E-state index in [1.54, 1.807) is 58.9 Å². The molecule has 508 valence electrons. The molecular formula is C66H111N11O13. The van der Waals surface area contributed by atoms with Crippen molar-refractivity contribution < 1.29 is 63.0 Å². The van der Waals surface area contributed by atoms with Gasteiger partial charge in [-0.15, -0.1) is 0 Å². The van der Waals surface area contributed by atoms with Gasteiger partial charge in [-0.25, -0.2) is 0 Å². The zero-order valence-electron chi connectivity index (χ0n) is 58.2. The lowest BCUT2D eigenvalue weighted by Crippen LogP contribution is -2.65. The Kier molecular flexibility index (Phi) is 30.6. The number of rotatable bonds is 15. The smallest absolute Gasteiger partial charge is 0.246 e. The van der Waals surface area contributed by atoms with Crippen molar-refractivity contribution in [3.63, 3.8) is 0 Å². The Labute approximate surface area is 536 Å². The zero-order valence-corrected chi connectivity index (χ0v) is 58.2. The number of phenolic OH excluding ortho intramolecular Hbond substituents is 1. The molecule has 1 aromatic carbocycles. The average Bonchev–Trinajstić information content (AvgIpc) is 1.27. The second-order valence-corrected chi connectivity index (χ2v) is 27.4. The number of amides is 11. The molecule has 90 heavy (non-hydrogen) atoms. The fraction of sp³-hybridized carbons (Fsp3) is 0.712. The number of phenols is 1. The monoisotopic (exact) mass is 1270 g/mol. The number of benzene rings is 1. The van der Waals surface area contributed by atoms with Gasteiger partial charge in [0.1, 0.15) is 60.1 Å². The molecule has 1 fully saturated rings. The number of allylic oxidation sites excluding steroid dienone is 1. The van der Waals surface area contributed by atoms with Gasteiger partial charge < -0.3 is 65.8 Å². The van der Waals surface area contributed by atoms with Crippen LogP contribution in [0.25, 0.3) is 6.08 Å². The Morgan fingerprint density at radius 3 is 1.41 bits per heavy atom. The topological polar surface area (TPSA) is 299 Å². The van der Waals surface area contributed by atoms with Crippen LogP contribution in [-0.2, 0) is 52.7 Å². The number of carbonyl (C=O) groups excluding carboxylic acids is 11. The summed E-state index contributed by atoms with van der Waals surface area (Å²) < 4.78 is 0. The molecule has 24 heteroatoms. The first-order chi connectivity index (χ1) is 41.5. The zero-order chi connectivity index (χ0) is 69.3. The first-order valence-corrected chi connectivity index (χ1v) is 31.7. The third-order valence-corrected chi connectivity index (χ3v) is 17.1. The second-order valence-electron chi connectivity index (χ2n) is 27.4. The average molecular weight is 1270 g/mol. The van der Waals surface area contributed by atoms with Crippen LogP contribution >= 0.6 is 0 Å². The van der Waals surface area contributed by atoms with E-state index in [1.807, 2.05) is 55.4 Å². The number of nitrogens with zero attached hydrogens (tertiary/aromatic N) is 7. The first-order valence-electron chi connectivity index (χ1n) is 31.7. The van der Waals surface area contributed by atoms with Gasteiger partial charge in [-0.1, -0.05) is 114 Å². The summed E-state index contributed by atoms with van der Waals surface area (Å²) in [5.74, 6) is -10.2. The molecule has 1 aliphatic rings. The number of hydrogen-bond donors (Lipinski definition) is 6. The normalized spacial score (nSPS) is 25.6. The minimum atomic E-state index is -2.05. The molecule has 11 atom stereocenters. The minimum absolute atomic E-state index is 0.0709. The Balaban J connectivity index is 2.96. The standard InChI is InChI=1S/C66H111N11O13/c1-37(2)31-48-59(83)70-54(41(9)10)64(88)73(19)49(32-38(3)4)58(82)68-44(14)57(81)69-45(15)61(85)74(20)50(33-39(5)6)62(86)75(21)51(34-40(7)8)63(87)76(22)55(42(11)12)65(89)77(23)56(60(84)67-35-52(79)71(17)36-53(80)72(48)18)66(16,90)43(13)25-24-26-46-27-29-47(78)30-28-46/h24,26-30,37-45,48-51,54-56,78,90H,25,31-36H2,1-23H3,(H,67,84)(H,68,82)(H,69,81)(H,70,83)/b26-24+/t43-,44+,45-,48+,49?,50+,51+,54+,55+,56?,66+/m1/s1. The highest BCUT2D eigenvalue weighted by Gasteiger charge is 2.49. The summed E-state index contributed by atoms with van der Waals surface area (Å²) in [4.78, 5) is 168. The number of nitrogens with one attached hydrogen (secondary N) is 4. The molecule has 0 bridgehead atoms. The van der Waals surface area contributed by atoms with Crippen LogP contribution in [0.3, 0.4) is 0 Å². The second kappa shape index (κ2) is 34.9. The first kappa shape index (κ1) is 79.0. The summed E-state index contributed by atoms with van der Waals surface area (Å²) in [6.07, 6.45) is 4.26. The maximum Gasteiger partial charge on any atom is 0.246 e. The number of aliphatic hydroxyl groups is 1. The van der Waals surface area contributed by atoms with Crippen LogP contribution < -0.4 is 21.3 Å². The van der Waals surface area contributed by atoms with E-state index in [0.717, 1.165) is 15.4 Å². The lowest BCUT2D eigenvalue weighted by atomic mass is 9.80. The van der Waals surface area contributed by atoms with E-state index in [0.29, 0.717) is 0 Å². The molecular weight excluding hydrogens is 1150 g/mol. The van der Waals surface area contributed by atoms with Crippen LogP contribution in [0.1, 0.15) is 148 Å². The van der Waals surface area contributed by atoms with Crippen LogP contribution in [0.4, 0.5) is 0 Å². The fourth-order valence-electron chi connectivity index (χ4n) is 11.2. The van der Waals surface area contributed by atoms with Crippen LogP contribution in [0.5, 0.6) is 5.75 Å². The lowest BCUT2D eigenvalue weighted by Gasteiger charge is -2.44. The molecule has 1 heterocycles. The van der Waals surface area contributed by atoms with E-state index < -0.39 is 156 Å².